The van der Waals surface area contributed by atoms with Gasteiger partial charge in [0.25, 0.3) is 5.56 Å². The molecule has 2 aliphatic heterocycles. The molecule has 4 rings (SSSR count). The number of likely N-dealkylation sites (tertiary alicyclic amines) is 1. The summed E-state index contributed by atoms with van der Waals surface area (Å²) in [6.07, 6.45) is 2.61. The van der Waals surface area contributed by atoms with Crippen molar-refractivity contribution in [2.75, 3.05) is 0 Å². The van der Waals surface area contributed by atoms with Gasteiger partial charge in [0.05, 0.1) is 18.4 Å². The first-order chi connectivity index (χ1) is 13.5. The summed E-state index contributed by atoms with van der Waals surface area (Å²) < 4.78 is 18.1. The van der Waals surface area contributed by atoms with E-state index in [1.807, 2.05) is 41.5 Å². The van der Waals surface area contributed by atoms with Crippen molar-refractivity contribution < 1.29 is 19.0 Å². The van der Waals surface area contributed by atoms with Gasteiger partial charge in [0.15, 0.2) is 5.79 Å². The summed E-state index contributed by atoms with van der Waals surface area (Å²) in [5.74, 6) is -0.766. The minimum atomic E-state index is -0.766. The number of nitrogens with zero attached hydrogens (tertiary/aromatic N) is 2. The van der Waals surface area contributed by atoms with Crippen molar-refractivity contribution in [1.29, 1.82) is 0 Å². The van der Waals surface area contributed by atoms with Crippen molar-refractivity contribution in [3.05, 3.63) is 28.4 Å². The second-order valence-electron chi connectivity index (χ2n) is 9.07. The first-order valence-electron chi connectivity index (χ1n) is 9.94. The summed E-state index contributed by atoms with van der Waals surface area (Å²) in [6, 6.07) is -0.724. The summed E-state index contributed by atoms with van der Waals surface area (Å²) in [7, 11) is 0. The lowest BCUT2D eigenvalue weighted by Gasteiger charge is -2.35. The van der Waals surface area contributed by atoms with E-state index in [9.17, 15) is 9.59 Å². The quantitative estimate of drug-likeness (QED) is 0.797. The Morgan fingerprint density at radius 3 is 2.62 bits per heavy atom. The van der Waals surface area contributed by atoms with Gasteiger partial charge in [-0.25, -0.2) is 9.78 Å². The molecular formula is C20H28N4O5. The van der Waals surface area contributed by atoms with Crippen LogP contribution in [-0.2, 0) is 14.2 Å². The Balaban J connectivity index is 1.84. The zero-order chi connectivity index (χ0) is 21.1. The van der Waals surface area contributed by atoms with E-state index in [2.05, 4.69) is 15.0 Å². The Morgan fingerprint density at radius 2 is 1.97 bits per heavy atom. The van der Waals surface area contributed by atoms with Crippen LogP contribution < -0.4 is 5.56 Å². The SMILES string of the molecule is CCC1C2OC(C)(C)OC2C(c2c[nH]c3c(=O)[nH]cnc23)N1C(=O)OC(C)(C)C. The number of amides is 1. The van der Waals surface area contributed by atoms with E-state index in [-0.39, 0.29) is 17.7 Å². The van der Waals surface area contributed by atoms with Crippen LogP contribution in [0.15, 0.2) is 17.3 Å². The zero-order valence-electron chi connectivity index (χ0n) is 17.6. The third kappa shape index (κ3) is 3.32. The lowest BCUT2D eigenvalue weighted by atomic mass is 10.0. The molecular weight excluding hydrogens is 376 g/mol. The summed E-state index contributed by atoms with van der Waals surface area (Å²) in [6.45, 7) is 11.2. The molecule has 0 bridgehead atoms. The van der Waals surface area contributed by atoms with E-state index < -0.39 is 29.6 Å². The second kappa shape index (κ2) is 6.56. The van der Waals surface area contributed by atoms with Crippen molar-refractivity contribution in [3.63, 3.8) is 0 Å². The van der Waals surface area contributed by atoms with Gasteiger partial charge < -0.3 is 24.2 Å². The van der Waals surface area contributed by atoms with E-state index in [0.29, 0.717) is 23.0 Å². The molecule has 0 radical (unpaired) electrons. The lowest BCUT2D eigenvalue weighted by Crippen LogP contribution is -2.45. The second-order valence-corrected chi connectivity index (χ2v) is 9.07. The van der Waals surface area contributed by atoms with Crippen LogP contribution in [0.1, 0.15) is 59.6 Å². The number of ether oxygens (including phenoxy) is 3. The number of aromatic amines is 2. The zero-order valence-corrected chi connectivity index (χ0v) is 17.6. The Hall–Kier alpha value is -2.39. The standard InChI is InChI=1S/C20H28N4O5/c1-7-11-15-16(28-20(5,6)27-15)14(24(11)18(26)29-19(2,3)4)10-8-21-13-12(10)22-9-23-17(13)25/h8-9,11,14-16,21H,7H2,1-6H3,(H,22,23,25). The summed E-state index contributed by atoms with van der Waals surface area (Å²) in [5, 5.41) is 0. The van der Waals surface area contributed by atoms with Gasteiger partial charge in [-0.15, -0.1) is 0 Å². The van der Waals surface area contributed by atoms with Crippen molar-refractivity contribution in [2.24, 2.45) is 0 Å². The fourth-order valence-corrected chi connectivity index (χ4v) is 4.40. The molecule has 0 spiro atoms. The van der Waals surface area contributed by atoms with Crippen LogP contribution >= 0.6 is 0 Å². The van der Waals surface area contributed by atoms with Gasteiger partial charge in [0.1, 0.15) is 28.8 Å². The molecule has 2 aromatic rings. The maximum Gasteiger partial charge on any atom is 0.411 e. The molecule has 2 fully saturated rings. The number of aromatic nitrogens is 3. The molecule has 4 unspecified atom stereocenters. The van der Waals surface area contributed by atoms with Gasteiger partial charge in [-0.05, 0) is 41.0 Å². The maximum atomic E-state index is 13.2. The molecule has 158 valence electrons. The number of rotatable bonds is 2. The summed E-state index contributed by atoms with van der Waals surface area (Å²) in [4.78, 5) is 37.0. The minimum Gasteiger partial charge on any atom is -0.444 e. The summed E-state index contributed by atoms with van der Waals surface area (Å²) >= 11 is 0. The Morgan fingerprint density at radius 1 is 1.28 bits per heavy atom. The van der Waals surface area contributed by atoms with Crippen LogP contribution in [0.2, 0.25) is 0 Å². The van der Waals surface area contributed by atoms with Crippen molar-refractivity contribution >= 4 is 17.1 Å². The summed E-state index contributed by atoms with van der Waals surface area (Å²) in [5.41, 5.74) is 0.672. The highest BCUT2D eigenvalue weighted by atomic mass is 16.8. The molecule has 4 heterocycles. The van der Waals surface area contributed by atoms with Crippen molar-refractivity contribution in [3.8, 4) is 0 Å². The predicted molar refractivity (Wildman–Crippen MR) is 105 cm³/mol. The minimum absolute atomic E-state index is 0.228. The topological polar surface area (TPSA) is 110 Å². The monoisotopic (exact) mass is 404 g/mol. The van der Waals surface area contributed by atoms with Crippen molar-refractivity contribution in [2.45, 2.75) is 83.6 Å². The molecule has 0 aromatic carbocycles. The molecule has 1 amide bonds. The third-order valence-corrected chi connectivity index (χ3v) is 5.35. The van der Waals surface area contributed by atoms with Gasteiger partial charge >= 0.3 is 6.09 Å². The van der Waals surface area contributed by atoms with E-state index in [4.69, 9.17) is 14.2 Å². The van der Waals surface area contributed by atoms with Gasteiger partial charge in [0, 0.05) is 11.8 Å². The molecule has 2 saturated heterocycles. The van der Waals surface area contributed by atoms with Crippen LogP contribution in [-0.4, -0.2) is 55.6 Å². The fourth-order valence-electron chi connectivity index (χ4n) is 4.40. The largest absolute Gasteiger partial charge is 0.444 e. The number of fused-ring (bicyclic) bond motifs is 2. The molecule has 4 atom stereocenters. The van der Waals surface area contributed by atoms with E-state index in [1.54, 1.807) is 11.1 Å². The van der Waals surface area contributed by atoms with Crippen LogP contribution in [0.3, 0.4) is 0 Å². The number of nitrogens with one attached hydrogen (secondary N) is 2. The molecule has 29 heavy (non-hydrogen) atoms. The molecule has 9 nitrogen and oxygen atoms in total. The molecule has 2 aromatic heterocycles. The Bertz CT molecular complexity index is 989. The van der Waals surface area contributed by atoms with Gasteiger partial charge in [-0.2, -0.15) is 0 Å². The van der Waals surface area contributed by atoms with Crippen LogP contribution in [0.5, 0.6) is 0 Å². The van der Waals surface area contributed by atoms with Crippen molar-refractivity contribution in [1.82, 2.24) is 19.9 Å². The number of H-pyrrole nitrogens is 2. The average Bonchev–Trinajstić information content (AvgIpc) is 3.22. The fraction of sp³-hybridized carbons (Fsp3) is 0.650. The van der Waals surface area contributed by atoms with Gasteiger partial charge in [0.2, 0.25) is 0 Å². The van der Waals surface area contributed by atoms with Gasteiger partial charge in [-0.3, -0.25) is 9.69 Å². The van der Waals surface area contributed by atoms with Crippen LogP contribution in [0.25, 0.3) is 11.0 Å². The average molecular weight is 404 g/mol. The molecule has 9 heteroatoms. The Kier molecular flexibility index (Phi) is 4.51. The molecule has 2 aliphatic rings. The lowest BCUT2D eigenvalue weighted by molar-refractivity contribution is -0.167. The number of hydrogen-bond acceptors (Lipinski definition) is 6. The maximum absolute atomic E-state index is 13.2. The highest BCUT2D eigenvalue weighted by Crippen LogP contribution is 2.49. The van der Waals surface area contributed by atoms with E-state index in [1.165, 1.54) is 6.33 Å². The molecule has 2 N–H and O–H groups in total. The van der Waals surface area contributed by atoms with Crippen LogP contribution in [0, 0.1) is 0 Å². The first-order valence-corrected chi connectivity index (χ1v) is 9.94. The number of carbonyl (C=O) groups is 1. The smallest absolute Gasteiger partial charge is 0.411 e. The molecule has 0 saturated carbocycles. The predicted octanol–water partition coefficient (Wildman–Crippen LogP) is 2.84. The third-order valence-electron chi connectivity index (χ3n) is 5.35. The van der Waals surface area contributed by atoms with Gasteiger partial charge in [-0.1, -0.05) is 6.92 Å². The number of carbonyl (C=O) groups excluding carboxylic acids is 1. The Labute approximate surface area is 168 Å². The van der Waals surface area contributed by atoms with E-state index in [0.717, 1.165) is 0 Å². The van der Waals surface area contributed by atoms with E-state index >= 15 is 0 Å². The number of hydrogen-bond donors (Lipinski definition) is 2. The highest BCUT2D eigenvalue weighted by Gasteiger charge is 2.60. The highest BCUT2D eigenvalue weighted by molar-refractivity contribution is 5.80. The van der Waals surface area contributed by atoms with Crippen LogP contribution in [0.4, 0.5) is 4.79 Å². The molecule has 0 aliphatic carbocycles. The first kappa shape index (κ1) is 19.9. The normalized spacial score (nSPS) is 28.7.